The molecule has 1 aliphatic rings. The molecule has 110 valence electrons. The molecule has 1 atom stereocenters. The molecule has 2 aromatic rings. The molecule has 1 aliphatic heterocycles. The van der Waals surface area contributed by atoms with Gasteiger partial charge in [-0.2, -0.15) is 0 Å². The van der Waals surface area contributed by atoms with Gasteiger partial charge in [-0.25, -0.2) is 4.98 Å². The Labute approximate surface area is 130 Å². The van der Waals surface area contributed by atoms with Gasteiger partial charge in [0.2, 0.25) is 0 Å². The second kappa shape index (κ2) is 5.57. The predicted octanol–water partition coefficient (Wildman–Crippen LogP) is 2.83. The van der Waals surface area contributed by atoms with Gasteiger partial charge in [0, 0.05) is 29.0 Å². The minimum Gasteiger partial charge on any atom is -0.361 e. The smallest absolute Gasteiger partial charge is 0.311 e. The number of hydrogen-bond acceptors (Lipinski definition) is 5. The fourth-order valence-electron chi connectivity index (χ4n) is 2.95. The summed E-state index contributed by atoms with van der Waals surface area (Å²) in [5, 5.41) is 12.2. The second-order valence-corrected chi connectivity index (χ2v) is 6.05. The van der Waals surface area contributed by atoms with Crippen molar-refractivity contribution in [3.8, 4) is 0 Å². The first-order valence-electron chi connectivity index (χ1n) is 6.81. The number of halogens is 1. The van der Waals surface area contributed by atoms with Crippen LogP contribution < -0.4 is 10.6 Å². The Morgan fingerprint density at radius 1 is 1.52 bits per heavy atom. The van der Waals surface area contributed by atoms with Gasteiger partial charge in [0.05, 0.1) is 10.4 Å². The number of nitro groups is 1. The zero-order valence-electron chi connectivity index (χ0n) is 11.3. The van der Waals surface area contributed by atoms with Crippen LogP contribution in [0.25, 0.3) is 10.9 Å². The maximum Gasteiger partial charge on any atom is 0.311 e. The molecule has 1 aromatic carbocycles. The van der Waals surface area contributed by atoms with Crippen molar-refractivity contribution in [3.63, 3.8) is 0 Å². The van der Waals surface area contributed by atoms with Gasteiger partial charge in [0.1, 0.15) is 11.9 Å². The average Bonchev–Trinajstić information content (AvgIpc) is 2.93. The summed E-state index contributed by atoms with van der Waals surface area (Å²) in [7, 11) is 0. The Morgan fingerprint density at radius 3 is 3.05 bits per heavy atom. The van der Waals surface area contributed by atoms with Crippen molar-refractivity contribution in [2.75, 3.05) is 18.0 Å². The van der Waals surface area contributed by atoms with E-state index in [2.05, 4.69) is 25.8 Å². The van der Waals surface area contributed by atoms with Crippen molar-refractivity contribution in [3.05, 3.63) is 39.0 Å². The van der Waals surface area contributed by atoms with Gasteiger partial charge in [-0.3, -0.25) is 10.1 Å². The molecule has 7 heteroatoms. The lowest BCUT2D eigenvalue weighted by atomic mass is 10.1. The lowest BCUT2D eigenvalue weighted by Gasteiger charge is -2.26. The molecule has 0 aliphatic carbocycles. The number of rotatable bonds is 3. The summed E-state index contributed by atoms with van der Waals surface area (Å²) >= 11 is 3.43. The van der Waals surface area contributed by atoms with Crippen molar-refractivity contribution < 1.29 is 4.92 Å². The summed E-state index contributed by atoms with van der Waals surface area (Å²) in [5.74, 6) is 0. The molecule has 3 rings (SSSR count). The van der Waals surface area contributed by atoms with Crippen LogP contribution in [0.15, 0.2) is 28.9 Å². The van der Waals surface area contributed by atoms with Crippen molar-refractivity contribution in [2.24, 2.45) is 5.73 Å². The number of anilines is 1. The minimum absolute atomic E-state index is 0.0425. The molecular formula is C14H15BrN4O2. The summed E-state index contributed by atoms with van der Waals surface area (Å²) in [6.07, 6.45) is 3.31. The van der Waals surface area contributed by atoms with Gasteiger partial charge in [-0.1, -0.05) is 15.9 Å². The van der Waals surface area contributed by atoms with Crippen LogP contribution in [-0.4, -0.2) is 29.0 Å². The third kappa shape index (κ3) is 2.47. The second-order valence-electron chi connectivity index (χ2n) is 5.14. The Hall–Kier alpha value is -1.73. The summed E-state index contributed by atoms with van der Waals surface area (Å²) in [6, 6.07) is 5.78. The first-order valence-corrected chi connectivity index (χ1v) is 7.60. The number of aromatic nitrogens is 1. The minimum atomic E-state index is -0.366. The monoisotopic (exact) mass is 350 g/mol. The van der Waals surface area contributed by atoms with Gasteiger partial charge < -0.3 is 10.6 Å². The first kappa shape index (κ1) is 14.2. The van der Waals surface area contributed by atoms with Crippen LogP contribution in [0.2, 0.25) is 0 Å². The quantitative estimate of drug-likeness (QED) is 0.679. The molecule has 1 saturated heterocycles. The van der Waals surface area contributed by atoms with E-state index in [0.29, 0.717) is 12.2 Å². The molecule has 2 N–H and O–H groups in total. The van der Waals surface area contributed by atoms with Crippen LogP contribution in [0.1, 0.15) is 12.8 Å². The van der Waals surface area contributed by atoms with E-state index in [1.807, 2.05) is 18.2 Å². The zero-order chi connectivity index (χ0) is 15.0. The highest BCUT2D eigenvalue weighted by Gasteiger charge is 2.31. The summed E-state index contributed by atoms with van der Waals surface area (Å²) < 4.78 is 0.877. The standard InChI is InChI=1S/C14H15BrN4O2/c15-9-3-4-12-11(6-9)14(13(8-17-12)19(20)21)18-5-1-2-10(18)7-16/h3-4,6,8,10H,1-2,5,7,16H2. The summed E-state index contributed by atoms with van der Waals surface area (Å²) in [6.45, 7) is 1.28. The molecule has 21 heavy (non-hydrogen) atoms. The first-order chi connectivity index (χ1) is 10.1. The molecule has 0 amide bonds. The number of nitrogens with two attached hydrogens (primary N) is 1. The maximum atomic E-state index is 11.4. The average molecular weight is 351 g/mol. The molecule has 1 aromatic heterocycles. The molecule has 0 saturated carbocycles. The van der Waals surface area contributed by atoms with Crippen LogP contribution >= 0.6 is 15.9 Å². The van der Waals surface area contributed by atoms with Gasteiger partial charge in [-0.15, -0.1) is 0 Å². The van der Waals surface area contributed by atoms with E-state index in [0.717, 1.165) is 34.8 Å². The van der Waals surface area contributed by atoms with Gasteiger partial charge >= 0.3 is 5.69 Å². The molecule has 6 nitrogen and oxygen atoms in total. The Balaban J connectivity index is 2.28. The number of nitrogens with zero attached hydrogens (tertiary/aromatic N) is 3. The number of pyridine rings is 1. The molecule has 1 fully saturated rings. The van der Waals surface area contributed by atoms with Crippen LogP contribution in [0.4, 0.5) is 11.4 Å². The van der Waals surface area contributed by atoms with Crippen LogP contribution in [-0.2, 0) is 0 Å². The van der Waals surface area contributed by atoms with E-state index in [1.165, 1.54) is 6.20 Å². The van der Waals surface area contributed by atoms with Gasteiger partial charge in [-0.05, 0) is 31.0 Å². The summed E-state index contributed by atoms with van der Waals surface area (Å²) in [5.41, 5.74) is 7.26. The summed E-state index contributed by atoms with van der Waals surface area (Å²) in [4.78, 5) is 17.3. The van der Waals surface area contributed by atoms with Crippen molar-refractivity contribution in [1.82, 2.24) is 4.98 Å². The lowest BCUT2D eigenvalue weighted by molar-refractivity contribution is -0.384. The Kier molecular flexibility index (Phi) is 3.77. The third-order valence-electron chi connectivity index (χ3n) is 3.92. The fraction of sp³-hybridized carbons (Fsp3) is 0.357. The largest absolute Gasteiger partial charge is 0.361 e. The lowest BCUT2D eigenvalue weighted by Crippen LogP contribution is -2.35. The van der Waals surface area contributed by atoms with Crippen molar-refractivity contribution >= 4 is 38.2 Å². The maximum absolute atomic E-state index is 11.4. The fourth-order valence-corrected chi connectivity index (χ4v) is 3.31. The number of benzene rings is 1. The van der Waals surface area contributed by atoms with Crippen LogP contribution in [0, 0.1) is 10.1 Å². The Bertz CT molecular complexity index is 707. The number of fused-ring (bicyclic) bond motifs is 1. The molecule has 0 spiro atoms. The third-order valence-corrected chi connectivity index (χ3v) is 4.41. The highest BCUT2D eigenvalue weighted by Crippen LogP contribution is 2.39. The molecule has 0 bridgehead atoms. The van der Waals surface area contributed by atoms with Gasteiger partial charge in [0.15, 0.2) is 0 Å². The van der Waals surface area contributed by atoms with Crippen LogP contribution in [0.5, 0.6) is 0 Å². The molecule has 1 unspecified atom stereocenters. The zero-order valence-corrected chi connectivity index (χ0v) is 12.9. The predicted molar refractivity (Wildman–Crippen MR) is 85.5 cm³/mol. The van der Waals surface area contributed by atoms with Crippen LogP contribution in [0.3, 0.4) is 0 Å². The van der Waals surface area contributed by atoms with E-state index in [4.69, 9.17) is 5.73 Å². The van der Waals surface area contributed by atoms with Gasteiger partial charge in [0.25, 0.3) is 0 Å². The Morgan fingerprint density at radius 2 is 2.33 bits per heavy atom. The van der Waals surface area contributed by atoms with E-state index in [-0.39, 0.29) is 16.7 Å². The van der Waals surface area contributed by atoms with E-state index >= 15 is 0 Å². The molecular weight excluding hydrogens is 336 g/mol. The topological polar surface area (TPSA) is 85.3 Å². The number of hydrogen-bond donors (Lipinski definition) is 1. The molecule has 0 radical (unpaired) electrons. The normalized spacial score (nSPS) is 18.4. The van der Waals surface area contributed by atoms with E-state index in [9.17, 15) is 10.1 Å². The highest BCUT2D eigenvalue weighted by atomic mass is 79.9. The van der Waals surface area contributed by atoms with E-state index in [1.54, 1.807) is 0 Å². The van der Waals surface area contributed by atoms with Crippen molar-refractivity contribution in [2.45, 2.75) is 18.9 Å². The highest BCUT2D eigenvalue weighted by molar-refractivity contribution is 9.10. The molecule has 2 heterocycles. The van der Waals surface area contributed by atoms with Crippen molar-refractivity contribution in [1.29, 1.82) is 0 Å². The van der Waals surface area contributed by atoms with E-state index < -0.39 is 0 Å². The SMILES string of the molecule is NCC1CCCN1c1c([N+](=O)[O-])cnc2ccc(Br)cc12.